The van der Waals surface area contributed by atoms with Crippen molar-refractivity contribution in [3.8, 4) is 0 Å². The van der Waals surface area contributed by atoms with Crippen LogP contribution >= 0.6 is 0 Å². The van der Waals surface area contributed by atoms with Gasteiger partial charge in [-0.2, -0.15) is 0 Å². The molecule has 0 aliphatic carbocycles. The molecule has 0 unspecified atom stereocenters. The Kier molecular flexibility index (Phi) is 1.81. The number of H-pyrrole nitrogens is 1. The van der Waals surface area contributed by atoms with Gasteiger partial charge in [-0.1, -0.05) is 0 Å². The van der Waals surface area contributed by atoms with Gasteiger partial charge in [-0.25, -0.2) is 4.98 Å². The number of nitrogens with two attached hydrogens (primary N) is 2. The van der Waals surface area contributed by atoms with E-state index in [9.17, 15) is 0 Å². The number of nitrogens with one attached hydrogen (secondary N) is 1. The van der Waals surface area contributed by atoms with Crippen LogP contribution in [-0.2, 0) is 13.1 Å². The van der Waals surface area contributed by atoms with E-state index in [-0.39, 0.29) is 0 Å². The molecule has 9 heavy (non-hydrogen) atoms. The van der Waals surface area contributed by atoms with Gasteiger partial charge in [0.1, 0.15) is 5.82 Å². The minimum atomic E-state index is 0.444. The molecule has 1 rings (SSSR count). The lowest BCUT2D eigenvalue weighted by molar-refractivity contribution is 0.924. The van der Waals surface area contributed by atoms with E-state index in [1.54, 1.807) is 6.20 Å². The number of hydrogen-bond donors (Lipinski definition) is 3. The Morgan fingerprint density at radius 1 is 1.44 bits per heavy atom. The van der Waals surface area contributed by atoms with Crippen molar-refractivity contribution in [2.45, 2.75) is 13.1 Å². The van der Waals surface area contributed by atoms with Crippen LogP contribution < -0.4 is 11.5 Å². The molecule has 0 spiro atoms. The summed E-state index contributed by atoms with van der Waals surface area (Å²) < 4.78 is 0. The van der Waals surface area contributed by atoms with Crippen LogP contribution in [0, 0.1) is 0 Å². The van der Waals surface area contributed by atoms with E-state index in [0.717, 1.165) is 11.5 Å². The van der Waals surface area contributed by atoms with Gasteiger partial charge in [0.25, 0.3) is 0 Å². The van der Waals surface area contributed by atoms with Crippen molar-refractivity contribution < 1.29 is 0 Å². The molecular weight excluding hydrogens is 116 g/mol. The highest BCUT2D eigenvalue weighted by Crippen LogP contribution is 1.92. The van der Waals surface area contributed by atoms with Crippen molar-refractivity contribution in [3.63, 3.8) is 0 Å². The first-order valence-corrected chi connectivity index (χ1v) is 2.79. The van der Waals surface area contributed by atoms with Crippen LogP contribution in [0.15, 0.2) is 6.20 Å². The highest BCUT2D eigenvalue weighted by molar-refractivity contribution is 4.99. The maximum absolute atomic E-state index is 5.31. The lowest BCUT2D eigenvalue weighted by atomic mass is 10.5. The number of rotatable bonds is 2. The second-order valence-corrected chi connectivity index (χ2v) is 1.76. The van der Waals surface area contributed by atoms with Crippen molar-refractivity contribution in [2.24, 2.45) is 11.5 Å². The van der Waals surface area contributed by atoms with Gasteiger partial charge in [0.05, 0.1) is 6.54 Å². The summed E-state index contributed by atoms with van der Waals surface area (Å²) in [5, 5.41) is 0. The van der Waals surface area contributed by atoms with E-state index in [4.69, 9.17) is 11.5 Å². The molecule has 0 fully saturated rings. The van der Waals surface area contributed by atoms with Crippen molar-refractivity contribution >= 4 is 0 Å². The second kappa shape index (κ2) is 2.61. The second-order valence-electron chi connectivity index (χ2n) is 1.76. The maximum atomic E-state index is 5.31. The SMILES string of the molecule is NCc1cnc(CN)[nH]1. The third-order valence-electron chi connectivity index (χ3n) is 1.09. The van der Waals surface area contributed by atoms with Gasteiger partial charge in [-0.05, 0) is 0 Å². The molecule has 0 aliphatic heterocycles. The molecule has 0 aliphatic rings. The van der Waals surface area contributed by atoms with E-state index < -0.39 is 0 Å². The Labute approximate surface area is 53.3 Å². The molecule has 0 atom stereocenters. The monoisotopic (exact) mass is 126 g/mol. The predicted molar refractivity (Wildman–Crippen MR) is 34.4 cm³/mol. The highest BCUT2D eigenvalue weighted by Gasteiger charge is 1.93. The molecule has 1 aromatic heterocycles. The van der Waals surface area contributed by atoms with Gasteiger partial charge in [-0.3, -0.25) is 0 Å². The Bertz CT molecular complexity index is 162. The fourth-order valence-electron chi connectivity index (χ4n) is 0.613. The van der Waals surface area contributed by atoms with Crippen molar-refractivity contribution in [3.05, 3.63) is 17.7 Å². The maximum Gasteiger partial charge on any atom is 0.120 e. The molecule has 4 heteroatoms. The zero-order valence-corrected chi connectivity index (χ0v) is 5.09. The van der Waals surface area contributed by atoms with Gasteiger partial charge in [0.15, 0.2) is 0 Å². The molecule has 0 aromatic carbocycles. The number of aromatic nitrogens is 2. The average molecular weight is 126 g/mol. The zero-order valence-electron chi connectivity index (χ0n) is 5.09. The minimum absolute atomic E-state index is 0.444. The van der Waals surface area contributed by atoms with E-state index in [0.29, 0.717) is 13.1 Å². The first-order chi connectivity index (χ1) is 4.36. The van der Waals surface area contributed by atoms with Crippen molar-refractivity contribution in [1.29, 1.82) is 0 Å². The van der Waals surface area contributed by atoms with Gasteiger partial charge in [0, 0.05) is 18.4 Å². The van der Waals surface area contributed by atoms with Crippen LogP contribution in [0.4, 0.5) is 0 Å². The van der Waals surface area contributed by atoms with Gasteiger partial charge < -0.3 is 16.5 Å². The van der Waals surface area contributed by atoms with Crippen molar-refractivity contribution in [2.75, 3.05) is 0 Å². The average Bonchev–Trinajstić information content (AvgIpc) is 2.34. The Morgan fingerprint density at radius 3 is 2.56 bits per heavy atom. The molecule has 4 nitrogen and oxygen atoms in total. The molecule has 0 saturated carbocycles. The van der Waals surface area contributed by atoms with Crippen molar-refractivity contribution in [1.82, 2.24) is 9.97 Å². The van der Waals surface area contributed by atoms with Gasteiger partial charge in [-0.15, -0.1) is 0 Å². The van der Waals surface area contributed by atoms with E-state index in [2.05, 4.69) is 9.97 Å². The number of aromatic amines is 1. The molecule has 5 N–H and O–H groups in total. The summed E-state index contributed by atoms with van der Waals surface area (Å²) >= 11 is 0. The van der Waals surface area contributed by atoms with E-state index in [1.807, 2.05) is 0 Å². The number of nitrogens with zero attached hydrogens (tertiary/aromatic N) is 1. The molecule has 1 aromatic rings. The van der Waals surface area contributed by atoms with E-state index in [1.165, 1.54) is 0 Å². The smallest absolute Gasteiger partial charge is 0.120 e. The topological polar surface area (TPSA) is 80.7 Å². The lowest BCUT2D eigenvalue weighted by Crippen LogP contribution is -2.00. The summed E-state index contributed by atoms with van der Waals surface area (Å²) in [6.07, 6.45) is 1.70. The third-order valence-corrected chi connectivity index (χ3v) is 1.09. The van der Waals surface area contributed by atoms with Crippen LogP contribution in [-0.4, -0.2) is 9.97 Å². The van der Waals surface area contributed by atoms with Crippen LogP contribution in [0.5, 0.6) is 0 Å². The van der Waals surface area contributed by atoms with Crippen LogP contribution in [0.1, 0.15) is 11.5 Å². The van der Waals surface area contributed by atoms with Gasteiger partial charge >= 0.3 is 0 Å². The summed E-state index contributed by atoms with van der Waals surface area (Å²) in [7, 11) is 0. The third kappa shape index (κ3) is 1.28. The number of imidazole rings is 1. The molecule has 0 amide bonds. The largest absolute Gasteiger partial charge is 0.344 e. The summed E-state index contributed by atoms with van der Waals surface area (Å²) in [6, 6.07) is 0. The summed E-state index contributed by atoms with van der Waals surface area (Å²) in [4.78, 5) is 6.90. The number of hydrogen-bond acceptors (Lipinski definition) is 3. The standard InChI is InChI=1S/C5H10N4/c6-1-4-3-8-5(2-7)9-4/h3H,1-2,6-7H2,(H,8,9). The molecule has 1 heterocycles. The Balaban J connectivity index is 2.74. The molecule has 0 saturated heterocycles. The first-order valence-electron chi connectivity index (χ1n) is 2.79. The fraction of sp³-hybridized carbons (Fsp3) is 0.400. The van der Waals surface area contributed by atoms with Crippen LogP contribution in [0.3, 0.4) is 0 Å². The van der Waals surface area contributed by atoms with Crippen LogP contribution in [0.2, 0.25) is 0 Å². The predicted octanol–water partition coefficient (Wildman–Crippen LogP) is -0.673. The normalized spacial score (nSPS) is 10.0. The summed E-state index contributed by atoms with van der Waals surface area (Å²) in [5.74, 6) is 0.787. The van der Waals surface area contributed by atoms with Crippen LogP contribution in [0.25, 0.3) is 0 Å². The Morgan fingerprint density at radius 2 is 2.22 bits per heavy atom. The summed E-state index contributed by atoms with van der Waals surface area (Å²) in [6.45, 7) is 0.938. The lowest BCUT2D eigenvalue weighted by Gasteiger charge is -1.86. The van der Waals surface area contributed by atoms with E-state index >= 15 is 0 Å². The molecular formula is C5H10N4. The Hall–Kier alpha value is -0.870. The van der Waals surface area contributed by atoms with Gasteiger partial charge in [0.2, 0.25) is 0 Å². The quantitative estimate of drug-likeness (QED) is 0.491. The first kappa shape index (κ1) is 6.25. The summed E-state index contributed by atoms with van der Waals surface area (Å²) in [5.41, 5.74) is 11.5. The minimum Gasteiger partial charge on any atom is -0.344 e. The molecule has 0 bridgehead atoms. The molecule has 0 radical (unpaired) electrons. The highest BCUT2D eigenvalue weighted by atomic mass is 14.9. The molecule has 50 valence electrons. The fourth-order valence-corrected chi connectivity index (χ4v) is 0.613. The zero-order chi connectivity index (χ0) is 6.69.